The molecule has 1 aliphatic rings. The van der Waals surface area contributed by atoms with Crippen molar-refractivity contribution in [2.75, 3.05) is 5.32 Å². The van der Waals surface area contributed by atoms with Crippen molar-refractivity contribution in [3.8, 4) is 11.5 Å². The summed E-state index contributed by atoms with van der Waals surface area (Å²) in [5.41, 5.74) is 2.29. The highest BCUT2D eigenvalue weighted by Gasteiger charge is 2.31. The molecule has 0 saturated carbocycles. The van der Waals surface area contributed by atoms with Crippen LogP contribution in [0.15, 0.2) is 42.5 Å². The number of ether oxygens (including phenoxy) is 2. The molecule has 0 fully saturated rings. The van der Waals surface area contributed by atoms with Gasteiger partial charge in [-0.2, -0.15) is 0 Å². The molecule has 1 unspecified atom stereocenters. The van der Waals surface area contributed by atoms with Crippen molar-refractivity contribution in [2.24, 2.45) is 0 Å². The Balaban J connectivity index is 1.76. The molecule has 2 aromatic carbocycles. The van der Waals surface area contributed by atoms with E-state index in [1.54, 1.807) is 0 Å². The van der Waals surface area contributed by atoms with E-state index in [9.17, 15) is 0 Å². The van der Waals surface area contributed by atoms with Crippen molar-refractivity contribution in [3.63, 3.8) is 0 Å². The van der Waals surface area contributed by atoms with Gasteiger partial charge in [0.1, 0.15) is 0 Å². The van der Waals surface area contributed by atoms with Gasteiger partial charge in [-0.1, -0.05) is 12.1 Å². The molecule has 21 heavy (non-hydrogen) atoms. The highest BCUT2D eigenvalue weighted by atomic mass is 127. The summed E-state index contributed by atoms with van der Waals surface area (Å²) in [4.78, 5) is 0. The molecule has 0 spiro atoms. The Bertz CT molecular complexity index is 652. The van der Waals surface area contributed by atoms with Gasteiger partial charge in [-0.05, 0) is 59.3 Å². The van der Waals surface area contributed by atoms with Crippen molar-refractivity contribution < 1.29 is 9.47 Å². The normalized spacial score (nSPS) is 16.6. The quantitative estimate of drug-likeness (QED) is 0.745. The minimum Gasteiger partial charge on any atom is -0.449 e. The van der Waals surface area contributed by atoms with Gasteiger partial charge in [0, 0.05) is 35.2 Å². The third kappa shape index (κ3) is 3.26. The first-order valence-electron chi connectivity index (χ1n) is 6.97. The van der Waals surface area contributed by atoms with Crippen LogP contribution in [0.4, 0.5) is 5.69 Å². The summed E-state index contributed by atoms with van der Waals surface area (Å²) < 4.78 is 12.7. The Labute approximate surface area is 138 Å². The Morgan fingerprint density at radius 2 is 1.67 bits per heavy atom. The average molecular weight is 395 g/mol. The fourth-order valence-corrected chi connectivity index (χ4v) is 2.76. The zero-order chi connectivity index (χ0) is 15.0. The van der Waals surface area contributed by atoms with Crippen molar-refractivity contribution in [1.29, 1.82) is 0 Å². The van der Waals surface area contributed by atoms with Gasteiger partial charge in [0.05, 0.1) is 0 Å². The molecule has 0 radical (unpaired) electrons. The van der Waals surface area contributed by atoms with Crippen molar-refractivity contribution in [2.45, 2.75) is 32.6 Å². The number of benzene rings is 2. The molecule has 3 nitrogen and oxygen atoms in total. The van der Waals surface area contributed by atoms with Crippen molar-refractivity contribution in [1.82, 2.24) is 0 Å². The summed E-state index contributed by atoms with van der Waals surface area (Å²) in [5, 5.41) is 3.50. The maximum Gasteiger partial charge on any atom is 0.246 e. The molecule has 4 heteroatoms. The second-order valence-corrected chi connectivity index (χ2v) is 6.93. The second kappa shape index (κ2) is 5.40. The predicted octanol–water partition coefficient (Wildman–Crippen LogP) is 4.97. The molecule has 0 saturated heterocycles. The lowest BCUT2D eigenvalue weighted by Gasteiger charge is -2.16. The van der Waals surface area contributed by atoms with E-state index in [2.05, 4.69) is 59.1 Å². The molecule has 3 rings (SSSR count). The van der Waals surface area contributed by atoms with E-state index in [0.29, 0.717) is 0 Å². The Hall–Kier alpha value is -1.43. The van der Waals surface area contributed by atoms with Crippen LogP contribution in [0, 0.1) is 3.57 Å². The number of nitrogens with one attached hydrogen (secondary N) is 1. The number of hydrogen-bond donors (Lipinski definition) is 1. The van der Waals surface area contributed by atoms with Gasteiger partial charge in [0.2, 0.25) is 5.79 Å². The van der Waals surface area contributed by atoms with Crippen LogP contribution in [0.1, 0.15) is 32.4 Å². The smallest absolute Gasteiger partial charge is 0.246 e. The molecule has 0 bridgehead atoms. The molecule has 1 aliphatic heterocycles. The average Bonchev–Trinajstić information content (AvgIpc) is 2.72. The van der Waals surface area contributed by atoms with Gasteiger partial charge in [0.25, 0.3) is 0 Å². The summed E-state index contributed by atoms with van der Waals surface area (Å²) in [7, 11) is 0. The fraction of sp³-hybridized carbons (Fsp3) is 0.294. The van der Waals surface area contributed by atoms with Crippen LogP contribution in [0.3, 0.4) is 0 Å². The molecule has 0 aromatic heterocycles. The topological polar surface area (TPSA) is 30.5 Å². The van der Waals surface area contributed by atoms with Gasteiger partial charge >= 0.3 is 0 Å². The molecular formula is C17H18INO2. The monoisotopic (exact) mass is 395 g/mol. The van der Waals surface area contributed by atoms with Crippen LogP contribution < -0.4 is 14.8 Å². The summed E-state index contributed by atoms with van der Waals surface area (Å²) >= 11 is 2.32. The fourth-order valence-electron chi connectivity index (χ4n) is 2.40. The van der Waals surface area contributed by atoms with E-state index in [-0.39, 0.29) is 6.04 Å². The van der Waals surface area contributed by atoms with Gasteiger partial charge in [-0.3, -0.25) is 0 Å². The minimum absolute atomic E-state index is 0.232. The van der Waals surface area contributed by atoms with Gasteiger partial charge in [-0.25, -0.2) is 0 Å². The Morgan fingerprint density at radius 1 is 1.00 bits per heavy atom. The molecule has 0 aliphatic carbocycles. The number of halogens is 1. The van der Waals surface area contributed by atoms with E-state index in [0.717, 1.165) is 17.2 Å². The van der Waals surface area contributed by atoms with Crippen LogP contribution in [0.25, 0.3) is 0 Å². The minimum atomic E-state index is -0.581. The number of rotatable bonds is 3. The molecule has 2 aromatic rings. The number of anilines is 1. The number of hydrogen-bond acceptors (Lipinski definition) is 3. The van der Waals surface area contributed by atoms with E-state index in [1.165, 1.54) is 9.13 Å². The van der Waals surface area contributed by atoms with Gasteiger partial charge < -0.3 is 14.8 Å². The molecule has 1 N–H and O–H groups in total. The second-order valence-electron chi connectivity index (χ2n) is 5.68. The van der Waals surface area contributed by atoms with Crippen LogP contribution >= 0.6 is 22.6 Å². The highest BCUT2D eigenvalue weighted by Crippen LogP contribution is 2.41. The number of fused-ring (bicyclic) bond motifs is 1. The Kier molecular flexibility index (Phi) is 3.73. The van der Waals surface area contributed by atoms with Gasteiger partial charge in [-0.15, -0.1) is 0 Å². The van der Waals surface area contributed by atoms with E-state index in [1.807, 2.05) is 32.0 Å². The van der Waals surface area contributed by atoms with E-state index >= 15 is 0 Å². The summed E-state index contributed by atoms with van der Waals surface area (Å²) in [6.45, 7) is 5.97. The zero-order valence-electron chi connectivity index (χ0n) is 12.3. The standard InChI is InChI=1S/C17H18INO2/c1-11(12-4-6-13(18)7-5-12)19-14-8-9-15-16(10-14)21-17(2,3)20-15/h4-11,19H,1-3H3. The largest absolute Gasteiger partial charge is 0.449 e. The SMILES string of the molecule is CC(Nc1ccc2c(c1)OC(C)(C)O2)c1ccc(I)cc1. The molecule has 1 heterocycles. The van der Waals surface area contributed by atoms with Crippen LogP contribution in [-0.2, 0) is 0 Å². The van der Waals surface area contributed by atoms with Crippen LogP contribution in [0.2, 0.25) is 0 Å². The lowest BCUT2D eigenvalue weighted by atomic mass is 10.1. The molecular weight excluding hydrogens is 377 g/mol. The molecule has 0 amide bonds. The maximum absolute atomic E-state index is 5.77. The lowest BCUT2D eigenvalue weighted by Crippen LogP contribution is -2.29. The van der Waals surface area contributed by atoms with E-state index in [4.69, 9.17) is 9.47 Å². The zero-order valence-corrected chi connectivity index (χ0v) is 14.5. The van der Waals surface area contributed by atoms with Crippen LogP contribution in [0.5, 0.6) is 11.5 Å². The Morgan fingerprint density at radius 3 is 2.38 bits per heavy atom. The van der Waals surface area contributed by atoms with Gasteiger partial charge in [0.15, 0.2) is 11.5 Å². The molecule has 1 atom stereocenters. The summed E-state index contributed by atoms with van der Waals surface area (Å²) in [6.07, 6.45) is 0. The lowest BCUT2D eigenvalue weighted by molar-refractivity contribution is -0.0431. The third-order valence-electron chi connectivity index (χ3n) is 3.41. The van der Waals surface area contributed by atoms with Crippen LogP contribution in [-0.4, -0.2) is 5.79 Å². The third-order valence-corrected chi connectivity index (χ3v) is 4.13. The van der Waals surface area contributed by atoms with E-state index < -0.39 is 5.79 Å². The first kappa shape index (κ1) is 14.5. The summed E-state index contributed by atoms with van der Waals surface area (Å²) in [5.74, 6) is 1.01. The maximum atomic E-state index is 5.77. The first-order valence-corrected chi connectivity index (χ1v) is 8.05. The van der Waals surface area contributed by atoms with Crippen molar-refractivity contribution in [3.05, 3.63) is 51.6 Å². The molecule has 110 valence electrons. The summed E-state index contributed by atoms with van der Waals surface area (Å²) in [6, 6.07) is 14.7. The predicted molar refractivity (Wildman–Crippen MR) is 93.0 cm³/mol. The first-order chi connectivity index (χ1) is 9.93. The highest BCUT2D eigenvalue weighted by molar-refractivity contribution is 14.1. The van der Waals surface area contributed by atoms with Crippen molar-refractivity contribution >= 4 is 28.3 Å².